The number of nitrogens with one attached hydrogen (secondary N) is 1. The fourth-order valence-electron chi connectivity index (χ4n) is 5.37. The number of anilines is 1. The molecule has 34 heavy (non-hydrogen) atoms. The summed E-state index contributed by atoms with van der Waals surface area (Å²) in [5, 5.41) is 2.27. The average Bonchev–Trinajstić information content (AvgIpc) is 3.53. The van der Waals surface area contributed by atoms with Crippen LogP contribution in [0, 0.1) is 5.41 Å². The van der Waals surface area contributed by atoms with Crippen LogP contribution in [-0.4, -0.2) is 38.0 Å². The van der Waals surface area contributed by atoms with Gasteiger partial charge in [0.05, 0.1) is 11.7 Å². The van der Waals surface area contributed by atoms with Gasteiger partial charge in [0.2, 0.25) is 0 Å². The molecule has 0 atom stereocenters. The van der Waals surface area contributed by atoms with E-state index in [0.29, 0.717) is 5.92 Å². The Morgan fingerprint density at radius 1 is 1.12 bits per heavy atom. The fraction of sp³-hybridized carbons (Fsp3) is 0.500. The number of piperidine rings is 1. The number of hydrogen-bond acceptors (Lipinski definition) is 5. The van der Waals surface area contributed by atoms with Crippen molar-refractivity contribution in [3.63, 3.8) is 0 Å². The molecule has 0 aromatic carbocycles. The molecule has 2 aliphatic rings. The van der Waals surface area contributed by atoms with Gasteiger partial charge in [-0.1, -0.05) is 34.6 Å². The molecule has 1 saturated carbocycles. The summed E-state index contributed by atoms with van der Waals surface area (Å²) in [5.74, 6) is 2.43. The number of rotatable bonds is 3. The molecule has 6 rings (SSSR count). The van der Waals surface area contributed by atoms with Crippen LogP contribution in [0.5, 0.6) is 0 Å². The molecular weight excluding hydrogens is 420 g/mol. The van der Waals surface area contributed by atoms with Gasteiger partial charge in [-0.3, -0.25) is 4.98 Å². The summed E-state index contributed by atoms with van der Waals surface area (Å²) >= 11 is 0. The SMILES string of the molecule is CC1(C)CCCN(c2nc(-c3ccnc4[nH]c(C(C)(C)C)cc34)nc3cncc(C4CC4)c23)C1. The maximum atomic E-state index is 5.30. The van der Waals surface area contributed by atoms with Crippen molar-refractivity contribution < 1.29 is 0 Å². The minimum Gasteiger partial charge on any atom is -0.355 e. The van der Waals surface area contributed by atoms with Crippen LogP contribution in [0.15, 0.2) is 30.7 Å². The third-order valence-electron chi connectivity index (χ3n) is 7.41. The zero-order valence-electron chi connectivity index (χ0n) is 20.9. The Balaban J connectivity index is 1.58. The topological polar surface area (TPSA) is 70.6 Å². The second kappa shape index (κ2) is 7.49. The number of fused-ring (bicyclic) bond motifs is 2. The van der Waals surface area contributed by atoms with Gasteiger partial charge in [0.25, 0.3) is 0 Å². The Bertz CT molecular complexity index is 1390. The van der Waals surface area contributed by atoms with Crippen LogP contribution in [0.3, 0.4) is 0 Å². The van der Waals surface area contributed by atoms with Crippen LogP contribution < -0.4 is 4.90 Å². The van der Waals surface area contributed by atoms with Crippen LogP contribution in [0.2, 0.25) is 0 Å². The van der Waals surface area contributed by atoms with Crippen molar-refractivity contribution >= 4 is 27.8 Å². The predicted octanol–water partition coefficient (Wildman–Crippen LogP) is 6.37. The first-order valence-corrected chi connectivity index (χ1v) is 12.6. The van der Waals surface area contributed by atoms with Crippen molar-refractivity contribution in [1.29, 1.82) is 0 Å². The Kier molecular flexibility index (Phi) is 4.74. The van der Waals surface area contributed by atoms with Gasteiger partial charge in [0.1, 0.15) is 11.5 Å². The van der Waals surface area contributed by atoms with E-state index in [4.69, 9.17) is 9.97 Å². The molecule has 0 amide bonds. The van der Waals surface area contributed by atoms with Crippen LogP contribution in [0.1, 0.15) is 77.5 Å². The van der Waals surface area contributed by atoms with Gasteiger partial charge in [-0.15, -0.1) is 0 Å². The standard InChI is InChI=1S/C28H34N6/c1-27(2,3)22-13-19-18(9-11-30-24(19)32-22)25-31-21-15-29-14-20(17-7-8-17)23(21)26(33-25)34-12-6-10-28(4,5)16-34/h9,11,13-15,17H,6-8,10,12,16H2,1-5H3,(H,30,32). The van der Waals surface area contributed by atoms with E-state index in [-0.39, 0.29) is 10.8 Å². The number of hydrogen-bond donors (Lipinski definition) is 1. The molecule has 2 fully saturated rings. The summed E-state index contributed by atoms with van der Waals surface area (Å²) in [5.41, 5.74) is 5.62. The fourth-order valence-corrected chi connectivity index (χ4v) is 5.37. The monoisotopic (exact) mass is 454 g/mol. The van der Waals surface area contributed by atoms with Gasteiger partial charge in [0, 0.05) is 52.9 Å². The molecule has 4 aromatic heterocycles. The summed E-state index contributed by atoms with van der Waals surface area (Å²) in [6.45, 7) is 13.4. The highest BCUT2D eigenvalue weighted by molar-refractivity contribution is 5.97. The van der Waals surface area contributed by atoms with Crippen LogP contribution in [0.25, 0.3) is 33.3 Å². The minimum absolute atomic E-state index is 0.00976. The predicted molar refractivity (Wildman–Crippen MR) is 138 cm³/mol. The summed E-state index contributed by atoms with van der Waals surface area (Å²) in [7, 11) is 0. The molecule has 0 radical (unpaired) electrons. The Morgan fingerprint density at radius 2 is 1.94 bits per heavy atom. The van der Waals surface area contributed by atoms with Gasteiger partial charge in [0.15, 0.2) is 5.82 Å². The van der Waals surface area contributed by atoms with Crippen molar-refractivity contribution in [3.05, 3.63) is 42.0 Å². The smallest absolute Gasteiger partial charge is 0.163 e. The van der Waals surface area contributed by atoms with Crippen LogP contribution >= 0.6 is 0 Å². The van der Waals surface area contributed by atoms with Crippen molar-refractivity contribution in [2.45, 2.75) is 71.6 Å². The summed E-state index contributed by atoms with van der Waals surface area (Å²) < 4.78 is 0. The van der Waals surface area contributed by atoms with Crippen molar-refractivity contribution in [3.8, 4) is 11.4 Å². The van der Waals surface area contributed by atoms with E-state index in [9.17, 15) is 0 Å². The first kappa shape index (κ1) is 21.5. The quantitative estimate of drug-likeness (QED) is 0.389. The number of aromatic nitrogens is 5. The van der Waals surface area contributed by atoms with Gasteiger partial charge in [-0.2, -0.15) is 0 Å². The highest BCUT2D eigenvalue weighted by atomic mass is 15.2. The first-order chi connectivity index (χ1) is 16.2. The molecule has 0 unspecified atom stereocenters. The van der Waals surface area contributed by atoms with Gasteiger partial charge in [-0.25, -0.2) is 15.0 Å². The molecule has 6 heteroatoms. The molecule has 1 aliphatic heterocycles. The summed E-state index contributed by atoms with van der Waals surface area (Å²) in [6.07, 6.45) is 10.7. The Labute approximate surface area is 201 Å². The molecule has 176 valence electrons. The molecule has 1 saturated heterocycles. The molecule has 1 N–H and O–H groups in total. The van der Waals surface area contributed by atoms with Crippen LogP contribution in [-0.2, 0) is 5.41 Å². The lowest BCUT2D eigenvalue weighted by atomic mass is 9.84. The average molecular weight is 455 g/mol. The number of H-pyrrole nitrogens is 1. The number of aromatic amines is 1. The molecule has 6 nitrogen and oxygen atoms in total. The third kappa shape index (κ3) is 3.73. The maximum Gasteiger partial charge on any atom is 0.163 e. The van der Waals surface area contributed by atoms with E-state index in [1.165, 1.54) is 42.3 Å². The highest BCUT2D eigenvalue weighted by Gasteiger charge is 2.32. The molecule has 0 spiro atoms. The highest BCUT2D eigenvalue weighted by Crippen LogP contribution is 2.46. The van der Waals surface area contributed by atoms with E-state index in [1.807, 2.05) is 24.7 Å². The van der Waals surface area contributed by atoms with Crippen LogP contribution in [0.4, 0.5) is 5.82 Å². The third-order valence-corrected chi connectivity index (χ3v) is 7.41. The summed E-state index contributed by atoms with van der Waals surface area (Å²) in [4.78, 5) is 25.6. The van der Waals surface area contributed by atoms with E-state index in [0.717, 1.165) is 46.8 Å². The molecular formula is C28H34N6. The van der Waals surface area contributed by atoms with E-state index in [1.54, 1.807) is 0 Å². The lowest BCUT2D eigenvalue weighted by molar-refractivity contribution is 0.292. The first-order valence-electron chi connectivity index (χ1n) is 12.6. The van der Waals surface area contributed by atoms with E-state index < -0.39 is 0 Å². The maximum absolute atomic E-state index is 5.30. The second-order valence-corrected chi connectivity index (χ2v) is 12.0. The lowest BCUT2D eigenvalue weighted by Gasteiger charge is -2.39. The van der Waals surface area contributed by atoms with Gasteiger partial charge < -0.3 is 9.88 Å². The second-order valence-electron chi connectivity index (χ2n) is 12.0. The minimum atomic E-state index is 0.00976. The molecule has 0 bridgehead atoms. The Hall–Kier alpha value is -3.02. The largest absolute Gasteiger partial charge is 0.355 e. The zero-order chi connectivity index (χ0) is 23.7. The van der Waals surface area contributed by atoms with Gasteiger partial charge >= 0.3 is 0 Å². The van der Waals surface area contributed by atoms with Crippen molar-refractivity contribution in [2.24, 2.45) is 5.41 Å². The summed E-state index contributed by atoms with van der Waals surface area (Å²) in [6, 6.07) is 4.26. The zero-order valence-corrected chi connectivity index (χ0v) is 20.9. The molecule has 1 aliphatic carbocycles. The lowest BCUT2D eigenvalue weighted by Crippen LogP contribution is -2.40. The van der Waals surface area contributed by atoms with Crippen molar-refractivity contribution in [2.75, 3.05) is 18.0 Å². The number of nitrogens with zero attached hydrogens (tertiary/aromatic N) is 5. The van der Waals surface area contributed by atoms with Crippen molar-refractivity contribution in [1.82, 2.24) is 24.9 Å². The van der Waals surface area contributed by atoms with Gasteiger partial charge in [-0.05, 0) is 54.7 Å². The Morgan fingerprint density at radius 3 is 2.68 bits per heavy atom. The molecule has 4 aromatic rings. The number of pyridine rings is 2. The normalized spacial score (nSPS) is 18.7. The molecule has 5 heterocycles. The van der Waals surface area contributed by atoms with E-state index >= 15 is 0 Å². The van der Waals surface area contributed by atoms with E-state index in [2.05, 4.69) is 60.5 Å².